The van der Waals surface area contributed by atoms with E-state index in [1.54, 1.807) is 0 Å². The zero-order chi connectivity index (χ0) is 42.1. The van der Waals surface area contributed by atoms with Crippen molar-refractivity contribution in [3.05, 3.63) is 24.3 Å². The van der Waals surface area contributed by atoms with E-state index in [0.717, 1.165) is 34.6 Å². The zero-order valence-electron chi connectivity index (χ0n) is 30.6. The molecule has 316 valence electrons. The van der Waals surface area contributed by atoms with Gasteiger partial charge in [-0.15, -0.1) is 0 Å². The monoisotopic (exact) mass is 877 g/mol. The molecule has 1 fully saturated rings. The van der Waals surface area contributed by atoms with Crippen LogP contribution in [0, 0.1) is 5.41 Å². The summed E-state index contributed by atoms with van der Waals surface area (Å²) in [5.41, 5.74) is 5.38. The van der Waals surface area contributed by atoms with E-state index in [9.17, 15) is 57.9 Å². The lowest BCUT2D eigenvalue weighted by Crippen LogP contribution is -2.46. The van der Waals surface area contributed by atoms with Crippen LogP contribution >= 0.6 is 35.2 Å². The number of nitrogens with one attached hydrogen (secondary N) is 2. The summed E-state index contributed by atoms with van der Waals surface area (Å²) < 4.78 is 62.1. The number of nitrogens with zero attached hydrogens (tertiary/aromatic N) is 4. The Bertz CT molecular complexity index is 1870. The average molecular weight is 878 g/mol. The van der Waals surface area contributed by atoms with E-state index in [1.807, 2.05) is 19.9 Å². The molecule has 0 bridgehead atoms. The van der Waals surface area contributed by atoms with Crippen molar-refractivity contribution in [2.24, 2.45) is 5.41 Å². The molecule has 2 aromatic rings. The topological polar surface area (TPSA) is 364 Å². The van der Waals surface area contributed by atoms with Crippen LogP contribution in [0.4, 0.5) is 5.82 Å². The Balaban J connectivity index is 1.48. The van der Waals surface area contributed by atoms with Crippen LogP contribution in [0.5, 0.6) is 0 Å². The highest BCUT2D eigenvalue weighted by molar-refractivity contribution is 8.13. The fourth-order valence-corrected chi connectivity index (χ4v) is 8.37. The minimum atomic E-state index is -5.57. The molecule has 0 saturated carbocycles. The van der Waals surface area contributed by atoms with Crippen molar-refractivity contribution in [3.63, 3.8) is 0 Å². The van der Waals surface area contributed by atoms with Gasteiger partial charge in [-0.3, -0.25) is 32.5 Å². The van der Waals surface area contributed by atoms with E-state index in [-0.39, 0.29) is 41.6 Å². The number of aliphatic hydroxyl groups is 2. The maximum atomic E-state index is 12.7. The number of thioether (sulfide) groups is 1. The Kier molecular flexibility index (Phi) is 17.3. The summed E-state index contributed by atoms with van der Waals surface area (Å²) in [6.45, 7) is 4.39. The summed E-state index contributed by atoms with van der Waals surface area (Å²) in [6.07, 6.45) is -3.93. The van der Waals surface area contributed by atoms with Gasteiger partial charge in [0.15, 0.2) is 22.8 Å². The minimum absolute atomic E-state index is 0.00585. The van der Waals surface area contributed by atoms with Crippen molar-refractivity contribution >= 4 is 69.1 Å². The molecular formula is C28H46N7O17P3S. The van der Waals surface area contributed by atoms with E-state index in [4.69, 9.17) is 19.5 Å². The van der Waals surface area contributed by atoms with Gasteiger partial charge in [-0.1, -0.05) is 37.3 Å². The first-order chi connectivity index (χ1) is 25.9. The Morgan fingerprint density at radius 3 is 2.39 bits per heavy atom. The van der Waals surface area contributed by atoms with Gasteiger partial charge in [-0.25, -0.2) is 28.6 Å². The lowest BCUT2D eigenvalue weighted by Gasteiger charge is -2.30. The first kappa shape index (κ1) is 47.7. The number of aliphatic hydroxyl groups excluding tert-OH is 2. The number of fused-ring (bicyclic) bond motifs is 1. The van der Waals surface area contributed by atoms with Crippen LogP contribution in [0.3, 0.4) is 0 Å². The van der Waals surface area contributed by atoms with E-state index in [1.165, 1.54) is 13.8 Å². The molecule has 24 nitrogen and oxygen atoms in total. The van der Waals surface area contributed by atoms with Gasteiger partial charge in [0.05, 0.1) is 19.5 Å². The highest BCUT2D eigenvalue weighted by Crippen LogP contribution is 2.61. The number of anilines is 1. The van der Waals surface area contributed by atoms with Gasteiger partial charge in [0.1, 0.15) is 36.3 Å². The van der Waals surface area contributed by atoms with Crippen molar-refractivity contribution in [1.29, 1.82) is 0 Å². The number of ether oxygens (including phenoxy) is 1. The smallest absolute Gasteiger partial charge is 0.386 e. The fourth-order valence-electron chi connectivity index (χ4n) is 4.85. The van der Waals surface area contributed by atoms with Crippen molar-refractivity contribution < 1.29 is 80.5 Å². The molecule has 0 spiro atoms. The molecule has 56 heavy (non-hydrogen) atoms. The first-order valence-corrected chi connectivity index (χ1v) is 22.1. The minimum Gasteiger partial charge on any atom is -0.386 e. The van der Waals surface area contributed by atoms with Crippen LogP contribution < -0.4 is 16.4 Å². The number of nitrogen functional groups attached to an aromatic ring is 1. The van der Waals surface area contributed by atoms with Crippen LogP contribution in [0.2, 0.25) is 0 Å². The average Bonchev–Trinajstić information content (AvgIpc) is 3.64. The number of carbonyl (C=O) groups excluding carboxylic acids is 3. The molecule has 0 radical (unpaired) electrons. The number of amides is 2. The second-order valence-electron chi connectivity index (χ2n) is 13.1. The molecule has 0 aliphatic carbocycles. The Morgan fingerprint density at radius 2 is 1.73 bits per heavy atom. The predicted molar refractivity (Wildman–Crippen MR) is 196 cm³/mol. The van der Waals surface area contributed by atoms with Crippen LogP contribution in [-0.4, -0.2) is 123 Å². The van der Waals surface area contributed by atoms with Crippen molar-refractivity contribution in [3.8, 4) is 0 Å². The maximum Gasteiger partial charge on any atom is 0.481 e. The number of phosphoric ester groups is 3. The molecule has 1 aliphatic heterocycles. The first-order valence-electron chi connectivity index (χ1n) is 16.6. The van der Waals surface area contributed by atoms with E-state index < -0.39 is 84.6 Å². The number of carbonyl (C=O) groups is 3. The SMILES string of the molecule is CC(C)=CCCC(=O)SCCNC(=O)CCNC(=O)C(O)C(C)(C)COP(=O)(O)OP(=O)(O)OC[C@H]1O[C@@H](n2cnc3c(N)ncnc32)[C@H](O)[C@@H]1OP(=O)(O)O. The molecule has 1 aliphatic rings. The van der Waals surface area contributed by atoms with E-state index in [0.29, 0.717) is 18.6 Å². The molecule has 2 aromatic heterocycles. The van der Waals surface area contributed by atoms with Gasteiger partial charge in [0.2, 0.25) is 11.8 Å². The Morgan fingerprint density at radius 1 is 1.05 bits per heavy atom. The van der Waals surface area contributed by atoms with Crippen LogP contribution in [-0.2, 0) is 50.7 Å². The highest BCUT2D eigenvalue weighted by Gasteiger charge is 2.50. The maximum absolute atomic E-state index is 12.7. The number of nitrogens with two attached hydrogens (primary N) is 1. The number of allylic oxidation sites excluding steroid dienone is 2. The summed E-state index contributed by atoms with van der Waals surface area (Å²) in [6, 6.07) is 0. The van der Waals surface area contributed by atoms with Crippen molar-refractivity contribution in [1.82, 2.24) is 30.2 Å². The van der Waals surface area contributed by atoms with Crippen LogP contribution in [0.15, 0.2) is 24.3 Å². The fraction of sp³-hybridized carbons (Fsp3) is 0.643. The van der Waals surface area contributed by atoms with Gasteiger partial charge < -0.3 is 50.9 Å². The van der Waals surface area contributed by atoms with Crippen LogP contribution in [0.25, 0.3) is 11.2 Å². The molecule has 3 rings (SSSR count). The van der Waals surface area contributed by atoms with E-state index in [2.05, 4.69) is 34.4 Å². The summed E-state index contributed by atoms with van der Waals surface area (Å²) in [7, 11) is -16.4. The third-order valence-corrected chi connectivity index (χ3v) is 11.7. The number of hydrogen-bond donors (Lipinski definition) is 9. The summed E-state index contributed by atoms with van der Waals surface area (Å²) in [5, 5.41) is 26.4. The van der Waals surface area contributed by atoms with Crippen LogP contribution in [0.1, 0.15) is 53.2 Å². The van der Waals surface area contributed by atoms with E-state index >= 15 is 0 Å². The van der Waals surface area contributed by atoms with Gasteiger partial charge in [-0.2, -0.15) is 4.31 Å². The highest BCUT2D eigenvalue weighted by atomic mass is 32.2. The second-order valence-corrected chi connectivity index (χ2v) is 18.5. The summed E-state index contributed by atoms with van der Waals surface area (Å²) >= 11 is 1.09. The summed E-state index contributed by atoms with van der Waals surface area (Å²) in [5.74, 6) is -1.08. The number of hydrogen-bond acceptors (Lipinski definition) is 18. The Hall–Kier alpha value is -2.70. The largest absolute Gasteiger partial charge is 0.481 e. The number of imidazole rings is 1. The molecule has 0 aromatic carbocycles. The molecule has 7 atom stereocenters. The van der Waals surface area contributed by atoms with Gasteiger partial charge in [0.25, 0.3) is 0 Å². The van der Waals surface area contributed by atoms with Gasteiger partial charge >= 0.3 is 23.5 Å². The number of aromatic nitrogens is 4. The molecule has 3 unspecified atom stereocenters. The van der Waals surface area contributed by atoms with Crippen molar-refractivity contribution in [2.75, 3.05) is 37.8 Å². The standard InChI is InChI=1S/C28H46N7O17P3S/c1-16(2)6-5-7-19(37)56-11-10-30-18(36)8-9-31-26(40)23(39)28(3,4)13-49-55(46,47)52-54(44,45)48-12-17-22(51-53(41,42)43)21(38)27(50-17)35-15-34-20-24(29)32-14-33-25(20)35/h6,14-15,17,21-23,27,38-39H,5,7-13H2,1-4H3,(H,30,36)(H,31,40)(H,44,45)(H,46,47)(H2,29,32,33)(H2,41,42,43)/t17-,21-,22-,23?,27-/m1/s1. The molecule has 1 saturated heterocycles. The third kappa shape index (κ3) is 14.9. The van der Waals surface area contributed by atoms with Gasteiger partial charge in [0, 0.05) is 37.1 Å². The molecule has 28 heteroatoms. The molecular weight excluding hydrogens is 831 g/mol. The number of phosphoric acid groups is 3. The molecule has 10 N–H and O–H groups in total. The lowest BCUT2D eigenvalue weighted by molar-refractivity contribution is -0.137. The molecule has 3 heterocycles. The second kappa shape index (κ2) is 20.3. The normalized spacial score (nSPS) is 21.5. The quantitative estimate of drug-likeness (QED) is 0.0439. The lowest BCUT2D eigenvalue weighted by atomic mass is 9.87. The molecule has 2 amide bonds. The third-order valence-electron chi connectivity index (χ3n) is 7.67. The van der Waals surface area contributed by atoms with Gasteiger partial charge in [-0.05, 0) is 20.3 Å². The van der Waals surface area contributed by atoms with Crippen molar-refractivity contribution in [2.45, 2.75) is 77.6 Å². The number of rotatable bonds is 22. The Labute approximate surface area is 324 Å². The predicted octanol–water partition coefficient (Wildman–Crippen LogP) is 0.411. The zero-order valence-corrected chi connectivity index (χ0v) is 34.1. The summed E-state index contributed by atoms with van der Waals surface area (Å²) in [4.78, 5) is 87.4.